The molecular weight excluding hydrogens is 274 g/mol. The number of aromatic nitrogens is 2. The highest BCUT2D eigenvalue weighted by molar-refractivity contribution is 6.46. The van der Waals surface area contributed by atoms with Crippen LogP contribution in [0.25, 0.3) is 0 Å². The number of nitrogens with zero attached hydrogens (tertiary/aromatic N) is 2. The molecular formula is C14H13N3O4. The molecule has 1 amide bonds. The number of anilines is 1. The van der Waals surface area contributed by atoms with Gasteiger partial charge in [0, 0.05) is 18.9 Å². The van der Waals surface area contributed by atoms with Crippen molar-refractivity contribution in [3.8, 4) is 0 Å². The van der Waals surface area contributed by atoms with Gasteiger partial charge in [-0.1, -0.05) is 12.1 Å². The summed E-state index contributed by atoms with van der Waals surface area (Å²) in [6.45, 7) is 0. The summed E-state index contributed by atoms with van der Waals surface area (Å²) in [7, 11) is 1.64. The van der Waals surface area contributed by atoms with Crippen molar-refractivity contribution in [2.45, 2.75) is 6.42 Å². The molecule has 0 aliphatic heterocycles. The largest absolute Gasteiger partial charge is 0.481 e. The quantitative estimate of drug-likeness (QED) is 0.627. The first-order valence-electron chi connectivity index (χ1n) is 6.11. The average Bonchev–Trinajstić information content (AvgIpc) is 2.84. The molecule has 21 heavy (non-hydrogen) atoms. The van der Waals surface area contributed by atoms with E-state index < -0.39 is 17.7 Å². The zero-order chi connectivity index (χ0) is 15.4. The van der Waals surface area contributed by atoms with E-state index >= 15 is 0 Å². The molecule has 0 saturated heterocycles. The first-order valence-corrected chi connectivity index (χ1v) is 6.11. The molecule has 108 valence electrons. The highest BCUT2D eigenvalue weighted by atomic mass is 16.4. The fourth-order valence-corrected chi connectivity index (χ4v) is 1.79. The van der Waals surface area contributed by atoms with E-state index in [1.54, 1.807) is 25.2 Å². The highest BCUT2D eigenvalue weighted by Crippen LogP contribution is 2.12. The number of aryl methyl sites for hydroxylation is 1. The number of ketones is 1. The van der Waals surface area contributed by atoms with Crippen molar-refractivity contribution in [2.24, 2.45) is 7.05 Å². The van der Waals surface area contributed by atoms with Crippen LogP contribution in [0.5, 0.6) is 0 Å². The molecule has 2 aromatic rings. The van der Waals surface area contributed by atoms with Crippen LogP contribution in [0.4, 0.5) is 5.69 Å². The molecule has 0 aliphatic carbocycles. The van der Waals surface area contributed by atoms with Gasteiger partial charge in [0.05, 0.1) is 18.2 Å². The van der Waals surface area contributed by atoms with Crippen LogP contribution in [0, 0.1) is 0 Å². The van der Waals surface area contributed by atoms with Crippen molar-refractivity contribution in [2.75, 3.05) is 5.32 Å². The summed E-state index contributed by atoms with van der Waals surface area (Å²) in [6.07, 6.45) is 2.60. The molecule has 1 aromatic heterocycles. The summed E-state index contributed by atoms with van der Waals surface area (Å²) >= 11 is 0. The second-order valence-corrected chi connectivity index (χ2v) is 4.46. The van der Waals surface area contributed by atoms with Crippen LogP contribution in [0.1, 0.15) is 15.9 Å². The Kier molecular flexibility index (Phi) is 4.13. The van der Waals surface area contributed by atoms with Gasteiger partial charge in [0.1, 0.15) is 0 Å². The Morgan fingerprint density at radius 2 is 2.10 bits per heavy atom. The summed E-state index contributed by atoms with van der Waals surface area (Å²) in [4.78, 5) is 34.4. The van der Waals surface area contributed by atoms with Crippen molar-refractivity contribution < 1.29 is 19.5 Å². The number of Topliss-reactive ketones (excluding diaryl/α,β-unsaturated/α-hetero) is 1. The number of aliphatic carboxylic acids is 1. The monoisotopic (exact) mass is 287 g/mol. The molecule has 0 aliphatic rings. The van der Waals surface area contributed by atoms with E-state index in [0.29, 0.717) is 11.3 Å². The predicted molar refractivity (Wildman–Crippen MR) is 74.0 cm³/mol. The third-order valence-electron chi connectivity index (χ3n) is 2.71. The van der Waals surface area contributed by atoms with Crippen LogP contribution in [0.15, 0.2) is 36.7 Å². The molecule has 1 aromatic carbocycles. The van der Waals surface area contributed by atoms with E-state index in [2.05, 4.69) is 10.4 Å². The summed E-state index contributed by atoms with van der Waals surface area (Å²) in [5.74, 6) is -2.47. The van der Waals surface area contributed by atoms with E-state index in [1.165, 1.54) is 23.1 Å². The molecule has 1 heterocycles. The molecule has 0 unspecified atom stereocenters. The molecule has 2 rings (SSSR count). The zero-order valence-corrected chi connectivity index (χ0v) is 11.2. The molecule has 0 atom stereocenters. The summed E-state index contributed by atoms with van der Waals surface area (Å²) in [6, 6.07) is 6.34. The van der Waals surface area contributed by atoms with Gasteiger partial charge in [-0.3, -0.25) is 19.1 Å². The Morgan fingerprint density at radius 3 is 2.71 bits per heavy atom. The normalized spacial score (nSPS) is 10.1. The maximum Gasteiger partial charge on any atom is 0.307 e. The van der Waals surface area contributed by atoms with Gasteiger partial charge < -0.3 is 10.4 Å². The molecule has 7 heteroatoms. The van der Waals surface area contributed by atoms with Crippen molar-refractivity contribution >= 4 is 23.3 Å². The minimum atomic E-state index is -0.968. The van der Waals surface area contributed by atoms with Crippen LogP contribution >= 0.6 is 0 Å². The van der Waals surface area contributed by atoms with Crippen molar-refractivity contribution in [3.63, 3.8) is 0 Å². The Morgan fingerprint density at radius 1 is 1.33 bits per heavy atom. The van der Waals surface area contributed by atoms with E-state index in [9.17, 15) is 14.4 Å². The minimum Gasteiger partial charge on any atom is -0.481 e. The molecule has 0 spiro atoms. The van der Waals surface area contributed by atoms with Gasteiger partial charge >= 0.3 is 5.97 Å². The fraction of sp³-hybridized carbons (Fsp3) is 0.143. The fourth-order valence-electron chi connectivity index (χ4n) is 1.79. The lowest BCUT2D eigenvalue weighted by Crippen LogP contribution is -2.22. The second-order valence-electron chi connectivity index (χ2n) is 4.46. The van der Waals surface area contributed by atoms with Crippen LogP contribution in [0.3, 0.4) is 0 Å². The van der Waals surface area contributed by atoms with E-state index in [4.69, 9.17) is 5.11 Å². The van der Waals surface area contributed by atoms with E-state index in [-0.39, 0.29) is 12.0 Å². The number of nitrogens with one attached hydrogen (secondary N) is 1. The smallest absolute Gasteiger partial charge is 0.307 e. The van der Waals surface area contributed by atoms with Crippen LogP contribution < -0.4 is 5.32 Å². The van der Waals surface area contributed by atoms with E-state index in [0.717, 1.165) is 0 Å². The average molecular weight is 287 g/mol. The molecule has 2 N–H and O–H groups in total. The number of hydrogen-bond donors (Lipinski definition) is 2. The zero-order valence-electron chi connectivity index (χ0n) is 11.2. The molecule has 0 fully saturated rings. The Bertz CT molecular complexity index is 706. The Balaban J connectivity index is 2.09. The molecule has 0 bridgehead atoms. The number of rotatable bonds is 5. The summed E-state index contributed by atoms with van der Waals surface area (Å²) < 4.78 is 1.42. The van der Waals surface area contributed by atoms with Gasteiger partial charge in [-0.05, 0) is 17.7 Å². The number of hydrogen-bond acceptors (Lipinski definition) is 4. The van der Waals surface area contributed by atoms with E-state index in [1.807, 2.05) is 0 Å². The van der Waals surface area contributed by atoms with Crippen molar-refractivity contribution in [1.82, 2.24) is 9.78 Å². The summed E-state index contributed by atoms with van der Waals surface area (Å²) in [5, 5.41) is 15.0. The SMILES string of the molecule is Cn1cc(C(=O)C(=O)Nc2cccc(CC(=O)O)c2)cn1. The van der Waals surface area contributed by atoms with Crippen molar-refractivity contribution in [1.29, 1.82) is 0 Å². The third kappa shape index (κ3) is 3.75. The maximum atomic E-state index is 11.9. The third-order valence-corrected chi connectivity index (χ3v) is 2.71. The van der Waals surface area contributed by atoms with Crippen LogP contribution in [-0.2, 0) is 23.1 Å². The van der Waals surface area contributed by atoms with Crippen LogP contribution in [-0.4, -0.2) is 32.5 Å². The Labute approximate surface area is 120 Å². The van der Waals surface area contributed by atoms with Gasteiger partial charge in [-0.15, -0.1) is 0 Å². The minimum absolute atomic E-state index is 0.153. The van der Waals surface area contributed by atoms with Gasteiger partial charge in [-0.2, -0.15) is 5.10 Å². The lowest BCUT2D eigenvalue weighted by Gasteiger charge is -2.05. The van der Waals surface area contributed by atoms with Crippen molar-refractivity contribution in [3.05, 3.63) is 47.8 Å². The van der Waals surface area contributed by atoms with Gasteiger partial charge in [-0.25, -0.2) is 0 Å². The topological polar surface area (TPSA) is 101 Å². The number of amides is 1. The summed E-state index contributed by atoms with van der Waals surface area (Å²) in [5.41, 5.74) is 1.10. The molecule has 0 saturated carbocycles. The molecule has 7 nitrogen and oxygen atoms in total. The lowest BCUT2D eigenvalue weighted by molar-refractivity contribution is -0.136. The van der Waals surface area contributed by atoms with Crippen LogP contribution in [0.2, 0.25) is 0 Å². The highest BCUT2D eigenvalue weighted by Gasteiger charge is 2.18. The number of carbonyl (C=O) groups excluding carboxylic acids is 2. The maximum absolute atomic E-state index is 11.9. The van der Waals surface area contributed by atoms with Gasteiger partial charge in [0.2, 0.25) is 0 Å². The lowest BCUT2D eigenvalue weighted by atomic mass is 10.1. The standard InChI is InChI=1S/C14H13N3O4/c1-17-8-10(7-15-17)13(20)14(21)16-11-4-2-3-9(5-11)6-12(18)19/h2-5,7-8H,6H2,1H3,(H,16,21)(H,18,19). The number of carboxylic acids is 1. The Hall–Kier alpha value is -2.96. The predicted octanol–water partition coefficient (Wildman–Crippen LogP) is 0.869. The number of carboxylic acid groups (broad SMARTS) is 1. The second kappa shape index (κ2) is 6.00. The number of carbonyl (C=O) groups is 3. The first kappa shape index (κ1) is 14.4. The van der Waals surface area contributed by atoms with Gasteiger partial charge in [0.15, 0.2) is 0 Å². The first-order chi connectivity index (χ1) is 9.95. The van der Waals surface area contributed by atoms with Gasteiger partial charge in [0.25, 0.3) is 11.7 Å². The number of benzene rings is 1. The molecule has 0 radical (unpaired) electrons.